The highest BCUT2D eigenvalue weighted by Crippen LogP contribution is 2.20. The normalized spacial score (nSPS) is 15.9. The lowest BCUT2D eigenvalue weighted by atomic mass is 10.1. The molecule has 2 aromatic rings. The van der Waals surface area contributed by atoms with E-state index in [0.717, 1.165) is 23.5 Å². The summed E-state index contributed by atoms with van der Waals surface area (Å²) in [5, 5.41) is 14.8. The third kappa shape index (κ3) is 4.24. The van der Waals surface area contributed by atoms with E-state index < -0.39 is 0 Å². The summed E-state index contributed by atoms with van der Waals surface area (Å²) in [6, 6.07) is 14.0. The summed E-state index contributed by atoms with van der Waals surface area (Å²) in [6.07, 6.45) is 0.987. The van der Waals surface area contributed by atoms with Gasteiger partial charge < -0.3 is 10.6 Å². The highest BCUT2D eigenvalue weighted by atomic mass is 32.2. The number of carbonyl (C=O) groups is 2. The van der Waals surface area contributed by atoms with Crippen molar-refractivity contribution in [2.75, 3.05) is 16.8 Å². The van der Waals surface area contributed by atoms with E-state index in [-0.39, 0.29) is 17.9 Å². The zero-order valence-electron chi connectivity index (χ0n) is 14.4. The molecule has 2 N–H and O–H groups in total. The van der Waals surface area contributed by atoms with E-state index in [1.807, 2.05) is 30.8 Å². The fraction of sp³-hybridized carbons (Fsp3) is 0.250. The number of anilines is 1. The van der Waals surface area contributed by atoms with Crippen LogP contribution in [0.2, 0.25) is 0 Å². The molecule has 1 fully saturated rings. The fourth-order valence-electron chi connectivity index (χ4n) is 2.74. The van der Waals surface area contributed by atoms with Crippen LogP contribution in [0.25, 0.3) is 0 Å². The summed E-state index contributed by atoms with van der Waals surface area (Å²) in [5.74, 6) is 1.58. The minimum Gasteiger partial charge on any atom is -0.348 e. The van der Waals surface area contributed by atoms with Crippen molar-refractivity contribution in [3.05, 3.63) is 64.7 Å². The van der Waals surface area contributed by atoms with Crippen LogP contribution in [0, 0.1) is 18.3 Å². The van der Waals surface area contributed by atoms with Crippen LogP contribution >= 0.6 is 11.8 Å². The Balaban J connectivity index is 1.75. The second kappa shape index (κ2) is 8.07. The Hall–Kier alpha value is -2.78. The predicted octanol–water partition coefficient (Wildman–Crippen LogP) is 3.35. The third-order valence-corrected chi connectivity index (χ3v) is 5.43. The Morgan fingerprint density at radius 3 is 2.69 bits per heavy atom. The molecular weight excluding hydrogens is 346 g/mol. The average Bonchev–Trinajstić information content (AvgIpc) is 3.16. The number of carbonyl (C=O) groups excluding carboxylic acids is 2. The van der Waals surface area contributed by atoms with Crippen molar-refractivity contribution < 1.29 is 9.59 Å². The predicted molar refractivity (Wildman–Crippen MR) is 103 cm³/mol. The molecule has 1 aliphatic heterocycles. The monoisotopic (exact) mass is 365 g/mol. The van der Waals surface area contributed by atoms with Crippen molar-refractivity contribution in [3.63, 3.8) is 0 Å². The summed E-state index contributed by atoms with van der Waals surface area (Å²) < 4.78 is 0. The highest BCUT2D eigenvalue weighted by Gasteiger charge is 2.19. The van der Waals surface area contributed by atoms with Crippen molar-refractivity contribution in [3.8, 4) is 6.07 Å². The number of rotatable bonds is 4. The second-order valence-corrected chi connectivity index (χ2v) is 7.36. The van der Waals surface area contributed by atoms with Gasteiger partial charge in [-0.3, -0.25) is 9.59 Å². The summed E-state index contributed by atoms with van der Waals surface area (Å²) in [4.78, 5) is 24.9. The van der Waals surface area contributed by atoms with E-state index in [2.05, 4.69) is 10.6 Å². The van der Waals surface area contributed by atoms with Gasteiger partial charge in [0.2, 0.25) is 0 Å². The summed E-state index contributed by atoms with van der Waals surface area (Å²) >= 11 is 1.84. The van der Waals surface area contributed by atoms with E-state index in [1.165, 1.54) is 0 Å². The zero-order valence-corrected chi connectivity index (χ0v) is 15.2. The number of hydrogen-bond donors (Lipinski definition) is 2. The van der Waals surface area contributed by atoms with Crippen LogP contribution < -0.4 is 10.6 Å². The number of hydrogen-bond acceptors (Lipinski definition) is 4. The first-order chi connectivity index (χ1) is 12.6. The minimum absolute atomic E-state index is 0.125. The van der Waals surface area contributed by atoms with Crippen LogP contribution in [0.5, 0.6) is 0 Å². The summed E-state index contributed by atoms with van der Waals surface area (Å²) in [7, 11) is 0. The first-order valence-electron chi connectivity index (χ1n) is 8.37. The quantitative estimate of drug-likeness (QED) is 0.870. The van der Waals surface area contributed by atoms with Gasteiger partial charge in [0.05, 0.1) is 11.6 Å². The molecule has 132 valence electrons. The molecule has 0 saturated carbocycles. The van der Waals surface area contributed by atoms with Crippen LogP contribution in [-0.4, -0.2) is 29.4 Å². The molecule has 0 spiro atoms. The molecule has 1 unspecified atom stereocenters. The molecule has 6 heteroatoms. The van der Waals surface area contributed by atoms with Gasteiger partial charge in [0.15, 0.2) is 0 Å². The lowest BCUT2D eigenvalue weighted by Gasteiger charge is -2.14. The number of nitriles is 1. The van der Waals surface area contributed by atoms with E-state index in [1.54, 1.807) is 36.4 Å². The fourth-order valence-corrected chi connectivity index (χ4v) is 3.89. The number of amides is 2. The lowest BCUT2D eigenvalue weighted by Crippen LogP contribution is -2.34. The molecular formula is C20H19N3O2S. The molecule has 0 aromatic heterocycles. The first kappa shape index (κ1) is 18.0. The van der Waals surface area contributed by atoms with E-state index in [0.29, 0.717) is 22.4 Å². The number of nitrogens with zero attached hydrogens (tertiary/aromatic N) is 1. The van der Waals surface area contributed by atoms with E-state index in [9.17, 15) is 9.59 Å². The van der Waals surface area contributed by atoms with Crippen molar-refractivity contribution in [2.45, 2.75) is 19.4 Å². The maximum absolute atomic E-state index is 12.5. The van der Waals surface area contributed by atoms with Crippen molar-refractivity contribution in [1.29, 1.82) is 5.26 Å². The molecule has 3 rings (SSSR count). The number of aryl methyl sites for hydroxylation is 1. The minimum atomic E-state index is -0.310. The highest BCUT2D eigenvalue weighted by molar-refractivity contribution is 7.99. The van der Waals surface area contributed by atoms with Gasteiger partial charge >= 0.3 is 0 Å². The Morgan fingerprint density at radius 1 is 1.15 bits per heavy atom. The SMILES string of the molecule is Cc1ccc(C(=O)NC2CCSC2)cc1NC(=O)c1cccc(C#N)c1. The topological polar surface area (TPSA) is 82.0 Å². The molecule has 0 radical (unpaired) electrons. The summed E-state index contributed by atoms with van der Waals surface area (Å²) in [5.41, 5.74) is 2.81. The molecule has 2 aromatic carbocycles. The largest absolute Gasteiger partial charge is 0.348 e. The van der Waals surface area contributed by atoms with Crippen LogP contribution in [0.4, 0.5) is 5.69 Å². The van der Waals surface area contributed by atoms with Gasteiger partial charge in [-0.1, -0.05) is 12.1 Å². The van der Waals surface area contributed by atoms with Gasteiger partial charge in [-0.2, -0.15) is 17.0 Å². The number of benzene rings is 2. The van der Waals surface area contributed by atoms with Crippen molar-refractivity contribution in [2.24, 2.45) is 0 Å². The molecule has 0 bridgehead atoms. The second-order valence-electron chi connectivity index (χ2n) is 6.21. The molecule has 1 saturated heterocycles. The van der Waals surface area contributed by atoms with Gasteiger partial charge in [0.25, 0.3) is 11.8 Å². The maximum atomic E-state index is 12.5. The molecule has 5 nitrogen and oxygen atoms in total. The zero-order chi connectivity index (χ0) is 18.5. The van der Waals surface area contributed by atoms with Gasteiger partial charge in [-0.05, 0) is 55.0 Å². The van der Waals surface area contributed by atoms with Crippen LogP contribution in [-0.2, 0) is 0 Å². The van der Waals surface area contributed by atoms with Crippen LogP contribution in [0.3, 0.4) is 0 Å². The Kier molecular flexibility index (Phi) is 5.59. The number of nitrogens with one attached hydrogen (secondary N) is 2. The molecule has 1 aliphatic rings. The van der Waals surface area contributed by atoms with Gasteiger partial charge in [-0.15, -0.1) is 0 Å². The standard InChI is InChI=1S/C20H19N3O2S/c1-13-5-6-16(19(24)22-17-7-8-26-12-17)10-18(13)23-20(25)15-4-2-3-14(9-15)11-21/h2-6,9-10,17H,7-8,12H2,1H3,(H,22,24)(H,23,25). The lowest BCUT2D eigenvalue weighted by molar-refractivity contribution is 0.0940. The first-order valence-corrected chi connectivity index (χ1v) is 9.53. The Bertz CT molecular complexity index is 883. The average molecular weight is 365 g/mol. The molecule has 1 atom stereocenters. The van der Waals surface area contributed by atoms with E-state index >= 15 is 0 Å². The molecule has 0 aliphatic carbocycles. The van der Waals surface area contributed by atoms with E-state index in [4.69, 9.17) is 5.26 Å². The van der Waals surface area contributed by atoms with Gasteiger partial charge in [-0.25, -0.2) is 0 Å². The maximum Gasteiger partial charge on any atom is 0.255 e. The van der Waals surface area contributed by atoms with Crippen LogP contribution in [0.1, 0.15) is 38.3 Å². The third-order valence-electron chi connectivity index (χ3n) is 4.27. The molecule has 26 heavy (non-hydrogen) atoms. The Labute approximate surface area is 156 Å². The van der Waals surface area contributed by atoms with Crippen molar-refractivity contribution in [1.82, 2.24) is 5.32 Å². The molecule has 2 amide bonds. The molecule has 1 heterocycles. The van der Waals surface area contributed by atoms with Crippen LogP contribution in [0.15, 0.2) is 42.5 Å². The number of thioether (sulfide) groups is 1. The van der Waals surface area contributed by atoms with Gasteiger partial charge in [0, 0.05) is 28.6 Å². The smallest absolute Gasteiger partial charge is 0.255 e. The van der Waals surface area contributed by atoms with Crippen molar-refractivity contribution >= 4 is 29.3 Å². The van der Waals surface area contributed by atoms with Gasteiger partial charge in [0.1, 0.15) is 0 Å². The Morgan fingerprint density at radius 2 is 1.96 bits per heavy atom. The summed E-state index contributed by atoms with van der Waals surface area (Å²) in [6.45, 7) is 1.87.